The van der Waals surface area contributed by atoms with Gasteiger partial charge in [0.05, 0.1) is 0 Å². The molecule has 0 heterocycles. The Bertz CT molecular complexity index is 211. The third-order valence-corrected chi connectivity index (χ3v) is 0.628. The second-order valence-electron chi connectivity index (χ2n) is 1.33. The molecule has 0 saturated heterocycles. The molecule has 0 radical (unpaired) electrons. The highest BCUT2D eigenvalue weighted by molar-refractivity contribution is 6.66. The lowest BCUT2D eigenvalue weighted by Crippen LogP contribution is -2.19. The van der Waals surface area contributed by atoms with Crippen LogP contribution in [0.25, 0.3) is 0 Å². The van der Waals surface area contributed by atoms with Crippen LogP contribution in [0.2, 0.25) is 0 Å². The minimum absolute atomic E-state index is 0.901. The highest BCUT2D eigenvalue weighted by Crippen LogP contribution is 1.75. The SMILES string of the molecule is CC(=O)C(=O)C(=O)C#N. The third kappa shape index (κ3) is 1.82. The molecule has 0 saturated carbocycles. The smallest absolute Gasteiger partial charge is 0.291 e. The number of Topliss-reactive ketones (excluding diaryl/α,β-unsaturated/α-hetero) is 3. The summed E-state index contributed by atoms with van der Waals surface area (Å²) in [5.74, 6) is -3.46. The van der Waals surface area contributed by atoms with Crippen LogP contribution in [-0.4, -0.2) is 17.3 Å². The number of carbonyl (C=O) groups excluding carboxylic acids is 3. The van der Waals surface area contributed by atoms with Crippen LogP contribution in [-0.2, 0) is 14.4 Å². The van der Waals surface area contributed by atoms with Crippen molar-refractivity contribution < 1.29 is 14.4 Å². The second kappa shape index (κ2) is 2.72. The Morgan fingerprint density at radius 3 is 1.89 bits per heavy atom. The van der Waals surface area contributed by atoms with E-state index in [0.29, 0.717) is 0 Å². The van der Waals surface area contributed by atoms with Crippen molar-refractivity contribution in [2.75, 3.05) is 0 Å². The minimum Gasteiger partial charge on any atom is -0.291 e. The van der Waals surface area contributed by atoms with Gasteiger partial charge in [0.15, 0.2) is 0 Å². The molecule has 0 rings (SSSR count). The fourth-order valence-electron chi connectivity index (χ4n) is 0.211. The molecule has 0 N–H and O–H groups in total. The van der Waals surface area contributed by atoms with Crippen molar-refractivity contribution in [2.45, 2.75) is 6.92 Å². The lowest BCUT2D eigenvalue weighted by Gasteiger charge is -1.79. The van der Waals surface area contributed by atoms with Gasteiger partial charge in [0, 0.05) is 6.92 Å². The summed E-state index contributed by atoms with van der Waals surface area (Å²) in [4.78, 5) is 30.2. The Labute approximate surface area is 51.1 Å². The van der Waals surface area contributed by atoms with E-state index in [1.54, 1.807) is 0 Å². The van der Waals surface area contributed by atoms with Crippen LogP contribution >= 0.6 is 0 Å². The molecule has 0 fully saturated rings. The van der Waals surface area contributed by atoms with Gasteiger partial charge in [-0.2, -0.15) is 5.26 Å². The number of nitriles is 1. The van der Waals surface area contributed by atoms with Crippen molar-refractivity contribution >= 4 is 17.3 Å². The molecule has 0 bridgehead atoms. The summed E-state index contributed by atoms with van der Waals surface area (Å²) in [7, 11) is 0. The standard InChI is InChI=1S/C5H3NO3/c1-3(7)5(9)4(8)2-6/h1H3. The molecule has 9 heavy (non-hydrogen) atoms. The average molecular weight is 125 g/mol. The van der Waals surface area contributed by atoms with Crippen molar-refractivity contribution in [3.05, 3.63) is 0 Å². The second-order valence-corrected chi connectivity index (χ2v) is 1.33. The van der Waals surface area contributed by atoms with Crippen molar-refractivity contribution in [1.29, 1.82) is 5.26 Å². The molecule has 4 heteroatoms. The zero-order valence-corrected chi connectivity index (χ0v) is 4.67. The Balaban J connectivity index is 4.28. The van der Waals surface area contributed by atoms with Crippen LogP contribution in [0.5, 0.6) is 0 Å². The van der Waals surface area contributed by atoms with Crippen LogP contribution in [0.15, 0.2) is 0 Å². The van der Waals surface area contributed by atoms with Crippen LogP contribution < -0.4 is 0 Å². The normalized spacial score (nSPS) is 7.56. The number of hydrogen-bond acceptors (Lipinski definition) is 4. The first-order chi connectivity index (χ1) is 4.09. The van der Waals surface area contributed by atoms with Gasteiger partial charge in [-0.05, 0) is 0 Å². The first-order valence-corrected chi connectivity index (χ1v) is 2.09. The molecule has 0 spiro atoms. The summed E-state index contributed by atoms with van der Waals surface area (Å²) < 4.78 is 0. The molecule has 0 amide bonds. The van der Waals surface area contributed by atoms with Crippen molar-refractivity contribution in [2.24, 2.45) is 0 Å². The quantitative estimate of drug-likeness (QED) is 0.276. The topological polar surface area (TPSA) is 75.0 Å². The van der Waals surface area contributed by atoms with E-state index in [4.69, 9.17) is 5.26 Å². The predicted molar refractivity (Wildman–Crippen MR) is 26.3 cm³/mol. The molecule has 0 aromatic carbocycles. The molecule has 4 nitrogen and oxygen atoms in total. The van der Waals surface area contributed by atoms with Gasteiger partial charge >= 0.3 is 5.78 Å². The van der Waals surface area contributed by atoms with Gasteiger partial charge in [-0.25, -0.2) is 0 Å². The maximum atomic E-state index is 10.2. The fourth-order valence-corrected chi connectivity index (χ4v) is 0.211. The van der Waals surface area contributed by atoms with E-state index in [9.17, 15) is 14.4 Å². The Morgan fingerprint density at radius 2 is 1.78 bits per heavy atom. The van der Waals surface area contributed by atoms with Gasteiger partial charge in [0.25, 0.3) is 5.78 Å². The van der Waals surface area contributed by atoms with Crippen LogP contribution in [0, 0.1) is 11.3 Å². The van der Waals surface area contributed by atoms with E-state index in [-0.39, 0.29) is 0 Å². The first kappa shape index (κ1) is 7.50. The monoisotopic (exact) mass is 125 g/mol. The van der Waals surface area contributed by atoms with Gasteiger partial charge in [-0.3, -0.25) is 14.4 Å². The Kier molecular flexibility index (Phi) is 2.27. The third-order valence-electron chi connectivity index (χ3n) is 0.628. The summed E-state index contributed by atoms with van der Waals surface area (Å²) in [6, 6.07) is 1.04. The number of nitrogens with zero attached hydrogens (tertiary/aromatic N) is 1. The van der Waals surface area contributed by atoms with Crippen LogP contribution in [0.4, 0.5) is 0 Å². The Morgan fingerprint density at radius 1 is 1.33 bits per heavy atom. The summed E-state index contributed by atoms with van der Waals surface area (Å²) in [6.07, 6.45) is 0. The van der Waals surface area contributed by atoms with E-state index in [2.05, 4.69) is 0 Å². The summed E-state index contributed by atoms with van der Waals surface area (Å²) in [5.41, 5.74) is 0. The highest BCUT2D eigenvalue weighted by Gasteiger charge is 2.16. The largest absolute Gasteiger partial charge is 0.305 e. The van der Waals surface area contributed by atoms with Crippen molar-refractivity contribution in [3.8, 4) is 6.07 Å². The maximum absolute atomic E-state index is 10.2. The molecule has 0 aliphatic heterocycles. The van der Waals surface area contributed by atoms with E-state index in [0.717, 1.165) is 13.0 Å². The lowest BCUT2D eigenvalue weighted by atomic mass is 10.2. The summed E-state index contributed by atoms with van der Waals surface area (Å²) in [5, 5.41) is 7.78. The molecule has 0 unspecified atom stereocenters. The molecule has 0 aromatic heterocycles. The zero-order chi connectivity index (χ0) is 7.44. The molecule has 0 aliphatic rings. The number of rotatable bonds is 2. The zero-order valence-electron chi connectivity index (χ0n) is 4.67. The van der Waals surface area contributed by atoms with Gasteiger partial charge in [0.2, 0.25) is 5.78 Å². The summed E-state index contributed by atoms with van der Waals surface area (Å²) in [6.45, 7) is 0.942. The number of ketones is 3. The van der Waals surface area contributed by atoms with E-state index in [1.165, 1.54) is 0 Å². The molecule has 0 aromatic rings. The Hall–Kier alpha value is -1.50. The van der Waals surface area contributed by atoms with E-state index < -0.39 is 17.3 Å². The number of carbonyl (C=O) groups is 3. The van der Waals surface area contributed by atoms with Gasteiger partial charge in [0.1, 0.15) is 6.07 Å². The number of hydrogen-bond donors (Lipinski definition) is 0. The molecule has 0 atom stereocenters. The minimum atomic E-state index is -1.30. The highest BCUT2D eigenvalue weighted by atomic mass is 16.2. The first-order valence-electron chi connectivity index (χ1n) is 2.09. The van der Waals surface area contributed by atoms with Crippen molar-refractivity contribution in [3.63, 3.8) is 0 Å². The van der Waals surface area contributed by atoms with Gasteiger partial charge in [-0.1, -0.05) is 0 Å². The molecule has 0 aliphatic carbocycles. The maximum Gasteiger partial charge on any atom is 0.305 e. The van der Waals surface area contributed by atoms with Crippen molar-refractivity contribution in [1.82, 2.24) is 0 Å². The van der Waals surface area contributed by atoms with E-state index >= 15 is 0 Å². The van der Waals surface area contributed by atoms with Gasteiger partial charge in [-0.15, -0.1) is 0 Å². The fraction of sp³-hybridized carbons (Fsp3) is 0.200. The van der Waals surface area contributed by atoms with Gasteiger partial charge < -0.3 is 0 Å². The van der Waals surface area contributed by atoms with Crippen LogP contribution in [0.3, 0.4) is 0 Å². The summed E-state index contributed by atoms with van der Waals surface area (Å²) >= 11 is 0. The van der Waals surface area contributed by atoms with Crippen LogP contribution in [0.1, 0.15) is 6.92 Å². The average Bonchev–Trinajstić information content (AvgIpc) is 1.84. The lowest BCUT2D eigenvalue weighted by molar-refractivity contribution is -0.141. The molecular weight excluding hydrogens is 122 g/mol. The molecular formula is C5H3NO3. The van der Waals surface area contributed by atoms with E-state index in [1.807, 2.05) is 0 Å². The molecule has 46 valence electrons. The predicted octanol–water partition coefficient (Wildman–Crippen LogP) is -0.763.